The summed E-state index contributed by atoms with van der Waals surface area (Å²) in [5.41, 5.74) is 5.32. The van der Waals surface area contributed by atoms with Crippen LogP contribution in [0.3, 0.4) is 0 Å². The first-order chi connectivity index (χ1) is 7.14. The molecule has 1 rings (SSSR count). The summed E-state index contributed by atoms with van der Waals surface area (Å²) in [5, 5.41) is 2.96. The highest BCUT2D eigenvalue weighted by molar-refractivity contribution is 5.85. The van der Waals surface area contributed by atoms with E-state index in [1.54, 1.807) is 7.11 Å². The fraction of sp³-hybridized carbons (Fsp3) is 0.909. The van der Waals surface area contributed by atoms with Gasteiger partial charge in [0, 0.05) is 26.3 Å². The van der Waals surface area contributed by atoms with E-state index >= 15 is 0 Å². The Labute approximate surface area is 104 Å². The Balaban J connectivity index is 0.00000225. The number of amides is 1. The second-order valence-electron chi connectivity index (χ2n) is 4.49. The van der Waals surface area contributed by atoms with E-state index in [-0.39, 0.29) is 29.8 Å². The van der Waals surface area contributed by atoms with Gasteiger partial charge in [-0.1, -0.05) is 6.42 Å². The second kappa shape index (κ2) is 7.09. The van der Waals surface area contributed by atoms with Gasteiger partial charge in [-0.25, -0.2) is 0 Å². The predicted octanol–water partition coefficient (Wildman–Crippen LogP) is 1.08. The molecule has 3 N–H and O–H groups in total. The molecule has 16 heavy (non-hydrogen) atoms. The molecule has 0 aromatic rings. The molecule has 1 amide bonds. The molecule has 0 heterocycles. The van der Waals surface area contributed by atoms with Crippen molar-refractivity contribution in [2.75, 3.05) is 20.3 Å². The molecule has 96 valence electrons. The van der Waals surface area contributed by atoms with Crippen molar-refractivity contribution in [3.05, 3.63) is 0 Å². The number of hydrogen-bond donors (Lipinski definition) is 2. The summed E-state index contributed by atoms with van der Waals surface area (Å²) < 4.78 is 5.05. The zero-order chi connectivity index (χ0) is 11.3. The lowest BCUT2D eigenvalue weighted by Gasteiger charge is -2.40. The normalized spacial score (nSPS) is 19.2. The van der Waals surface area contributed by atoms with Crippen LogP contribution >= 0.6 is 12.4 Å². The van der Waals surface area contributed by atoms with E-state index in [1.807, 2.05) is 6.92 Å². The molecule has 0 unspecified atom stereocenters. The first-order valence-corrected chi connectivity index (χ1v) is 5.64. The van der Waals surface area contributed by atoms with Gasteiger partial charge in [0.2, 0.25) is 5.91 Å². The van der Waals surface area contributed by atoms with Gasteiger partial charge in [-0.2, -0.15) is 0 Å². The van der Waals surface area contributed by atoms with Crippen LogP contribution < -0.4 is 11.1 Å². The number of nitrogens with one attached hydrogen (secondary N) is 1. The lowest BCUT2D eigenvalue weighted by atomic mass is 9.66. The number of rotatable bonds is 6. The van der Waals surface area contributed by atoms with Crippen LogP contribution in [0.4, 0.5) is 0 Å². The number of halogens is 1. The zero-order valence-electron chi connectivity index (χ0n) is 10.1. The van der Waals surface area contributed by atoms with Crippen molar-refractivity contribution in [1.82, 2.24) is 5.32 Å². The monoisotopic (exact) mass is 250 g/mol. The van der Waals surface area contributed by atoms with E-state index in [4.69, 9.17) is 10.5 Å². The van der Waals surface area contributed by atoms with E-state index in [9.17, 15) is 4.79 Å². The number of carbonyl (C=O) groups excluding carboxylic acids is 1. The van der Waals surface area contributed by atoms with Gasteiger partial charge in [-0.3, -0.25) is 4.79 Å². The molecule has 5 heteroatoms. The summed E-state index contributed by atoms with van der Waals surface area (Å²) in [7, 11) is 1.67. The Morgan fingerprint density at radius 2 is 2.19 bits per heavy atom. The van der Waals surface area contributed by atoms with Gasteiger partial charge in [-0.05, 0) is 26.2 Å². The van der Waals surface area contributed by atoms with Crippen LogP contribution in [-0.2, 0) is 9.53 Å². The molecule has 1 aliphatic carbocycles. The molecule has 0 aliphatic heterocycles. The van der Waals surface area contributed by atoms with E-state index in [2.05, 4.69) is 5.32 Å². The SMILES string of the molecule is COCCC1(C(=O)N[C@H](C)CN)CCC1.Cl. The number of carbonyl (C=O) groups is 1. The molecule has 0 bridgehead atoms. The zero-order valence-corrected chi connectivity index (χ0v) is 10.9. The fourth-order valence-electron chi connectivity index (χ4n) is 1.93. The second-order valence-corrected chi connectivity index (χ2v) is 4.49. The van der Waals surface area contributed by atoms with Gasteiger partial charge in [0.15, 0.2) is 0 Å². The summed E-state index contributed by atoms with van der Waals surface area (Å²) in [6, 6.07) is 0.0671. The van der Waals surface area contributed by atoms with Gasteiger partial charge in [-0.15, -0.1) is 12.4 Å². The van der Waals surface area contributed by atoms with Crippen molar-refractivity contribution in [1.29, 1.82) is 0 Å². The minimum Gasteiger partial charge on any atom is -0.385 e. The summed E-state index contributed by atoms with van der Waals surface area (Å²) in [4.78, 5) is 12.0. The molecule has 0 spiro atoms. The maximum atomic E-state index is 12.0. The highest BCUT2D eigenvalue weighted by Crippen LogP contribution is 2.44. The molecule has 4 nitrogen and oxygen atoms in total. The fourth-order valence-corrected chi connectivity index (χ4v) is 1.93. The Morgan fingerprint density at radius 3 is 2.56 bits per heavy atom. The lowest BCUT2D eigenvalue weighted by molar-refractivity contribution is -0.138. The van der Waals surface area contributed by atoms with Crippen molar-refractivity contribution in [3.63, 3.8) is 0 Å². The van der Waals surface area contributed by atoms with Crippen LogP contribution in [-0.4, -0.2) is 32.2 Å². The molecule has 1 aliphatic rings. The largest absolute Gasteiger partial charge is 0.385 e. The summed E-state index contributed by atoms with van der Waals surface area (Å²) in [6.45, 7) is 3.08. The quantitative estimate of drug-likeness (QED) is 0.742. The molecular formula is C11H23ClN2O2. The van der Waals surface area contributed by atoms with Crippen molar-refractivity contribution < 1.29 is 9.53 Å². The van der Waals surface area contributed by atoms with Crippen LogP contribution in [0.5, 0.6) is 0 Å². The maximum Gasteiger partial charge on any atom is 0.226 e. The highest BCUT2D eigenvalue weighted by atomic mass is 35.5. The van der Waals surface area contributed by atoms with Crippen molar-refractivity contribution in [2.45, 2.75) is 38.6 Å². The lowest BCUT2D eigenvalue weighted by Crippen LogP contribution is -2.50. The maximum absolute atomic E-state index is 12.0. The predicted molar refractivity (Wildman–Crippen MR) is 66.7 cm³/mol. The summed E-state index contributed by atoms with van der Waals surface area (Å²) in [6.07, 6.45) is 3.94. The minimum atomic E-state index is -0.167. The average molecular weight is 251 g/mol. The number of nitrogens with two attached hydrogens (primary N) is 1. The van der Waals surface area contributed by atoms with E-state index in [0.29, 0.717) is 13.2 Å². The molecular weight excluding hydrogens is 228 g/mol. The first kappa shape index (κ1) is 15.7. The average Bonchev–Trinajstić information content (AvgIpc) is 2.16. The third kappa shape index (κ3) is 3.61. The highest BCUT2D eigenvalue weighted by Gasteiger charge is 2.43. The smallest absolute Gasteiger partial charge is 0.226 e. The van der Waals surface area contributed by atoms with Gasteiger partial charge in [0.1, 0.15) is 0 Å². The van der Waals surface area contributed by atoms with Gasteiger partial charge in [0.25, 0.3) is 0 Å². The Bertz CT molecular complexity index is 220. The Hall–Kier alpha value is -0.320. The molecule has 1 saturated carbocycles. The van der Waals surface area contributed by atoms with Gasteiger partial charge in [0.05, 0.1) is 5.41 Å². The van der Waals surface area contributed by atoms with E-state index in [1.165, 1.54) is 0 Å². The van der Waals surface area contributed by atoms with Gasteiger partial charge >= 0.3 is 0 Å². The van der Waals surface area contributed by atoms with Crippen LogP contribution in [0.2, 0.25) is 0 Å². The topological polar surface area (TPSA) is 64.3 Å². The third-order valence-electron chi connectivity index (χ3n) is 3.31. The van der Waals surface area contributed by atoms with Crippen LogP contribution in [0.15, 0.2) is 0 Å². The third-order valence-corrected chi connectivity index (χ3v) is 3.31. The Kier molecular flexibility index (Phi) is 6.95. The summed E-state index contributed by atoms with van der Waals surface area (Å²) >= 11 is 0. The molecule has 0 saturated heterocycles. The van der Waals surface area contributed by atoms with Gasteiger partial charge < -0.3 is 15.8 Å². The van der Waals surface area contributed by atoms with Crippen LogP contribution in [0.1, 0.15) is 32.6 Å². The molecule has 0 radical (unpaired) electrons. The van der Waals surface area contributed by atoms with E-state index < -0.39 is 0 Å². The number of ether oxygens (including phenoxy) is 1. The van der Waals surface area contributed by atoms with Crippen LogP contribution in [0.25, 0.3) is 0 Å². The standard InChI is InChI=1S/C11H22N2O2.ClH/c1-9(8-12)13-10(14)11(4-3-5-11)6-7-15-2;/h9H,3-8,12H2,1-2H3,(H,13,14);1H/t9-;/m1./s1. The van der Waals surface area contributed by atoms with Crippen molar-refractivity contribution >= 4 is 18.3 Å². The molecule has 1 fully saturated rings. The first-order valence-electron chi connectivity index (χ1n) is 5.64. The molecule has 0 aromatic heterocycles. The van der Waals surface area contributed by atoms with Crippen LogP contribution in [0, 0.1) is 5.41 Å². The Morgan fingerprint density at radius 1 is 1.56 bits per heavy atom. The number of hydrogen-bond acceptors (Lipinski definition) is 3. The minimum absolute atomic E-state index is 0. The van der Waals surface area contributed by atoms with Crippen molar-refractivity contribution in [2.24, 2.45) is 11.1 Å². The number of methoxy groups -OCH3 is 1. The molecule has 0 aromatic carbocycles. The van der Waals surface area contributed by atoms with E-state index in [0.717, 1.165) is 25.7 Å². The van der Waals surface area contributed by atoms with Crippen molar-refractivity contribution in [3.8, 4) is 0 Å². The molecule has 1 atom stereocenters. The summed E-state index contributed by atoms with van der Waals surface area (Å²) in [5.74, 6) is 0.156.